The van der Waals surface area contributed by atoms with Crippen LogP contribution in [0.3, 0.4) is 0 Å². The Morgan fingerprint density at radius 3 is 2.54 bits per heavy atom. The van der Waals surface area contributed by atoms with Crippen LogP contribution < -0.4 is 10.6 Å². The lowest BCUT2D eigenvalue weighted by atomic mass is 9.97. The van der Waals surface area contributed by atoms with E-state index in [1.165, 1.54) is 5.56 Å². The summed E-state index contributed by atoms with van der Waals surface area (Å²) in [6, 6.07) is 13.8. The molecule has 4 heteroatoms. The molecule has 0 heterocycles. The number of para-hydroxylation sites is 1. The Kier molecular flexibility index (Phi) is 6.10. The van der Waals surface area contributed by atoms with E-state index in [0.29, 0.717) is 16.6 Å². The van der Waals surface area contributed by atoms with Gasteiger partial charge in [0.05, 0.1) is 0 Å². The van der Waals surface area contributed by atoms with Crippen LogP contribution in [0.4, 0.5) is 5.69 Å². The fraction of sp³-hybridized carbons (Fsp3) is 0.300. The standard InChI is InChI=1S/C20H24N2OS/c1-5-14(3)16-8-6-7-9-18(16)21-20(24)22-19(23)17-11-10-13(2)12-15(17)4/h6-12,14H,5H2,1-4H3,(H2,21,22,23,24). The lowest BCUT2D eigenvalue weighted by Crippen LogP contribution is -2.34. The topological polar surface area (TPSA) is 41.1 Å². The minimum atomic E-state index is -0.189. The minimum absolute atomic E-state index is 0.189. The second-order valence-corrected chi connectivity index (χ2v) is 6.53. The van der Waals surface area contributed by atoms with Crippen molar-refractivity contribution in [3.63, 3.8) is 0 Å². The Hall–Kier alpha value is -2.20. The zero-order valence-electron chi connectivity index (χ0n) is 14.6. The first-order valence-electron chi connectivity index (χ1n) is 8.21. The molecule has 1 atom stereocenters. The molecule has 0 aromatic heterocycles. The second-order valence-electron chi connectivity index (χ2n) is 6.12. The maximum absolute atomic E-state index is 12.4. The van der Waals surface area contributed by atoms with E-state index in [4.69, 9.17) is 12.2 Å². The van der Waals surface area contributed by atoms with Crippen molar-refractivity contribution in [1.82, 2.24) is 5.32 Å². The maximum atomic E-state index is 12.4. The molecule has 1 unspecified atom stereocenters. The van der Waals surface area contributed by atoms with Gasteiger partial charge in [0, 0.05) is 11.3 Å². The van der Waals surface area contributed by atoms with Crippen LogP contribution in [-0.2, 0) is 0 Å². The number of benzene rings is 2. The van der Waals surface area contributed by atoms with Gasteiger partial charge >= 0.3 is 0 Å². The largest absolute Gasteiger partial charge is 0.332 e. The first kappa shape index (κ1) is 18.1. The molecule has 0 radical (unpaired) electrons. The minimum Gasteiger partial charge on any atom is -0.332 e. The van der Waals surface area contributed by atoms with E-state index < -0.39 is 0 Å². The number of carbonyl (C=O) groups excluding carboxylic acids is 1. The van der Waals surface area contributed by atoms with Gasteiger partial charge in [-0.2, -0.15) is 0 Å². The molecule has 0 aliphatic rings. The molecule has 2 N–H and O–H groups in total. The number of thiocarbonyl (C=S) groups is 1. The Labute approximate surface area is 149 Å². The third-order valence-corrected chi connectivity index (χ3v) is 4.41. The summed E-state index contributed by atoms with van der Waals surface area (Å²) in [4.78, 5) is 12.4. The molecule has 2 aromatic carbocycles. The molecule has 0 saturated heterocycles. The van der Waals surface area contributed by atoms with Crippen molar-refractivity contribution in [2.45, 2.75) is 40.0 Å². The highest BCUT2D eigenvalue weighted by Crippen LogP contribution is 2.26. The summed E-state index contributed by atoms with van der Waals surface area (Å²) in [7, 11) is 0. The number of carbonyl (C=O) groups is 1. The summed E-state index contributed by atoms with van der Waals surface area (Å²) in [5.41, 5.74) is 4.85. The maximum Gasteiger partial charge on any atom is 0.257 e. The van der Waals surface area contributed by atoms with Crippen LogP contribution in [0, 0.1) is 13.8 Å². The summed E-state index contributed by atoms with van der Waals surface area (Å²) < 4.78 is 0. The van der Waals surface area contributed by atoms with Crippen LogP contribution in [0.1, 0.15) is 53.2 Å². The molecule has 1 amide bonds. The monoisotopic (exact) mass is 340 g/mol. The molecule has 2 aromatic rings. The smallest absolute Gasteiger partial charge is 0.257 e. The predicted octanol–water partition coefficient (Wildman–Crippen LogP) is 4.94. The normalized spacial score (nSPS) is 11.7. The summed E-state index contributed by atoms with van der Waals surface area (Å²) in [5, 5.41) is 6.24. The van der Waals surface area contributed by atoms with Crippen LogP contribution >= 0.6 is 12.2 Å². The Bertz CT molecular complexity index is 755. The molecule has 24 heavy (non-hydrogen) atoms. The van der Waals surface area contributed by atoms with E-state index >= 15 is 0 Å². The van der Waals surface area contributed by atoms with E-state index in [0.717, 1.165) is 23.2 Å². The van der Waals surface area contributed by atoms with Gasteiger partial charge in [0.25, 0.3) is 5.91 Å². The van der Waals surface area contributed by atoms with Gasteiger partial charge in [-0.05, 0) is 61.7 Å². The average molecular weight is 340 g/mol. The van der Waals surface area contributed by atoms with Crippen LogP contribution in [0.2, 0.25) is 0 Å². The fourth-order valence-corrected chi connectivity index (χ4v) is 2.86. The molecule has 0 bridgehead atoms. The molecule has 0 spiro atoms. The fourth-order valence-electron chi connectivity index (χ4n) is 2.65. The molecule has 3 nitrogen and oxygen atoms in total. The van der Waals surface area contributed by atoms with Crippen LogP contribution in [0.25, 0.3) is 0 Å². The van der Waals surface area contributed by atoms with E-state index in [1.807, 2.05) is 50.2 Å². The molecule has 0 aliphatic carbocycles. The van der Waals surface area contributed by atoms with E-state index in [9.17, 15) is 4.79 Å². The molecule has 0 aliphatic heterocycles. The Balaban J connectivity index is 2.10. The SMILES string of the molecule is CCC(C)c1ccccc1NC(=S)NC(=O)c1ccc(C)cc1C. The highest BCUT2D eigenvalue weighted by molar-refractivity contribution is 7.80. The van der Waals surface area contributed by atoms with Crippen LogP contribution in [0.5, 0.6) is 0 Å². The van der Waals surface area contributed by atoms with Gasteiger partial charge in [-0.25, -0.2) is 0 Å². The molecular formula is C20H24N2OS. The first-order valence-corrected chi connectivity index (χ1v) is 8.61. The van der Waals surface area contributed by atoms with Crippen LogP contribution in [-0.4, -0.2) is 11.0 Å². The average Bonchev–Trinajstić information content (AvgIpc) is 2.54. The lowest BCUT2D eigenvalue weighted by molar-refractivity contribution is 0.0977. The number of hydrogen-bond acceptors (Lipinski definition) is 2. The highest BCUT2D eigenvalue weighted by Gasteiger charge is 2.13. The van der Waals surface area contributed by atoms with Crippen molar-refractivity contribution in [2.24, 2.45) is 0 Å². The second kappa shape index (κ2) is 8.06. The summed E-state index contributed by atoms with van der Waals surface area (Å²) >= 11 is 5.32. The number of amides is 1. The summed E-state index contributed by atoms with van der Waals surface area (Å²) in [5.74, 6) is 0.234. The lowest BCUT2D eigenvalue weighted by Gasteiger charge is -2.17. The molecular weight excluding hydrogens is 316 g/mol. The summed E-state index contributed by atoms with van der Waals surface area (Å²) in [6.45, 7) is 8.27. The highest BCUT2D eigenvalue weighted by atomic mass is 32.1. The quantitative estimate of drug-likeness (QED) is 0.774. The van der Waals surface area contributed by atoms with Crippen molar-refractivity contribution in [1.29, 1.82) is 0 Å². The van der Waals surface area contributed by atoms with Crippen molar-refractivity contribution < 1.29 is 4.79 Å². The summed E-state index contributed by atoms with van der Waals surface area (Å²) in [6.07, 6.45) is 1.04. The van der Waals surface area contributed by atoms with E-state index in [1.54, 1.807) is 0 Å². The van der Waals surface area contributed by atoms with Gasteiger partial charge in [0.1, 0.15) is 0 Å². The molecule has 2 rings (SSSR count). The first-order chi connectivity index (χ1) is 11.4. The number of rotatable bonds is 4. The number of aryl methyl sites for hydroxylation is 2. The van der Waals surface area contributed by atoms with Gasteiger partial charge in [-0.1, -0.05) is 49.7 Å². The van der Waals surface area contributed by atoms with E-state index in [2.05, 4.69) is 30.5 Å². The van der Waals surface area contributed by atoms with Crippen molar-refractivity contribution in [2.75, 3.05) is 5.32 Å². The number of nitrogens with one attached hydrogen (secondary N) is 2. The zero-order chi connectivity index (χ0) is 17.7. The van der Waals surface area contributed by atoms with Crippen molar-refractivity contribution in [3.05, 3.63) is 64.7 Å². The third kappa shape index (κ3) is 4.42. The van der Waals surface area contributed by atoms with Crippen molar-refractivity contribution in [3.8, 4) is 0 Å². The number of anilines is 1. The van der Waals surface area contributed by atoms with Gasteiger partial charge in [-0.3, -0.25) is 10.1 Å². The number of hydrogen-bond donors (Lipinski definition) is 2. The van der Waals surface area contributed by atoms with Gasteiger partial charge in [0.2, 0.25) is 0 Å². The van der Waals surface area contributed by atoms with Crippen molar-refractivity contribution >= 4 is 28.9 Å². The third-order valence-electron chi connectivity index (χ3n) is 4.21. The Morgan fingerprint density at radius 1 is 1.17 bits per heavy atom. The predicted molar refractivity (Wildman–Crippen MR) is 105 cm³/mol. The molecule has 0 saturated carbocycles. The molecule has 0 fully saturated rings. The van der Waals surface area contributed by atoms with Gasteiger partial charge in [-0.15, -0.1) is 0 Å². The van der Waals surface area contributed by atoms with Crippen LogP contribution in [0.15, 0.2) is 42.5 Å². The molecule has 126 valence electrons. The van der Waals surface area contributed by atoms with Gasteiger partial charge in [0.15, 0.2) is 5.11 Å². The van der Waals surface area contributed by atoms with E-state index in [-0.39, 0.29) is 5.91 Å². The zero-order valence-corrected chi connectivity index (χ0v) is 15.5. The Morgan fingerprint density at radius 2 is 1.88 bits per heavy atom. The van der Waals surface area contributed by atoms with Gasteiger partial charge < -0.3 is 5.32 Å².